The maximum absolute atomic E-state index is 9.39. The lowest BCUT2D eigenvalue weighted by Gasteiger charge is -2.40. The molecule has 2 aromatic rings. The van der Waals surface area contributed by atoms with E-state index in [4.69, 9.17) is 0 Å². The smallest absolute Gasteiger partial charge is 0.132 e. The molecule has 2 fully saturated rings. The molecule has 104 valence electrons. The molecule has 2 aromatic heterocycles. The molecule has 0 bridgehead atoms. The summed E-state index contributed by atoms with van der Waals surface area (Å²) in [5, 5.41) is 13.7. The van der Waals surface area contributed by atoms with E-state index in [1.165, 1.54) is 0 Å². The van der Waals surface area contributed by atoms with E-state index in [2.05, 4.69) is 26.0 Å². The lowest BCUT2D eigenvalue weighted by molar-refractivity contribution is 0.0732. The highest BCUT2D eigenvalue weighted by Crippen LogP contribution is 2.37. The Labute approximate surface area is 117 Å². The highest BCUT2D eigenvalue weighted by atomic mass is 16.3. The SMILES string of the molecule is OC1CC(c2cc(N3CC(n4cccn4)C3)ncn2)C1. The Kier molecular flexibility index (Phi) is 2.70. The van der Waals surface area contributed by atoms with Crippen molar-refractivity contribution in [1.29, 1.82) is 0 Å². The first-order valence-electron chi connectivity index (χ1n) is 7.03. The number of aliphatic hydroxyl groups excluding tert-OH is 1. The summed E-state index contributed by atoms with van der Waals surface area (Å²) < 4.78 is 2.00. The van der Waals surface area contributed by atoms with Gasteiger partial charge in [-0.2, -0.15) is 5.10 Å². The second kappa shape index (κ2) is 4.56. The van der Waals surface area contributed by atoms with Crippen molar-refractivity contribution in [2.75, 3.05) is 18.0 Å². The van der Waals surface area contributed by atoms with Gasteiger partial charge in [-0.1, -0.05) is 0 Å². The van der Waals surface area contributed by atoms with Crippen LogP contribution in [0.25, 0.3) is 0 Å². The van der Waals surface area contributed by atoms with Crippen molar-refractivity contribution in [3.63, 3.8) is 0 Å². The molecular formula is C14H17N5O. The fourth-order valence-corrected chi connectivity index (χ4v) is 2.89. The zero-order valence-electron chi connectivity index (χ0n) is 11.1. The molecule has 0 amide bonds. The van der Waals surface area contributed by atoms with Crippen molar-refractivity contribution in [2.24, 2.45) is 0 Å². The summed E-state index contributed by atoms with van der Waals surface area (Å²) in [6.45, 7) is 1.87. The molecule has 2 aliphatic rings. The first-order chi connectivity index (χ1) is 9.79. The Morgan fingerprint density at radius 2 is 2.05 bits per heavy atom. The lowest BCUT2D eigenvalue weighted by atomic mass is 9.80. The number of aromatic nitrogens is 4. The maximum atomic E-state index is 9.39. The largest absolute Gasteiger partial charge is 0.393 e. The lowest BCUT2D eigenvalue weighted by Crippen LogP contribution is -2.48. The van der Waals surface area contributed by atoms with E-state index in [9.17, 15) is 5.11 Å². The summed E-state index contributed by atoms with van der Waals surface area (Å²) in [4.78, 5) is 10.9. The maximum Gasteiger partial charge on any atom is 0.132 e. The van der Waals surface area contributed by atoms with Crippen LogP contribution in [-0.2, 0) is 0 Å². The average molecular weight is 271 g/mol. The molecule has 20 heavy (non-hydrogen) atoms. The quantitative estimate of drug-likeness (QED) is 0.901. The number of hydrogen-bond donors (Lipinski definition) is 1. The fraction of sp³-hybridized carbons (Fsp3) is 0.500. The molecule has 0 atom stereocenters. The zero-order chi connectivity index (χ0) is 13.5. The van der Waals surface area contributed by atoms with Crippen LogP contribution < -0.4 is 4.90 Å². The summed E-state index contributed by atoms with van der Waals surface area (Å²) in [5.74, 6) is 1.38. The van der Waals surface area contributed by atoms with Crippen LogP contribution in [0.4, 0.5) is 5.82 Å². The minimum atomic E-state index is -0.147. The Morgan fingerprint density at radius 1 is 1.20 bits per heavy atom. The van der Waals surface area contributed by atoms with Crippen LogP contribution in [0.2, 0.25) is 0 Å². The Balaban J connectivity index is 1.44. The molecular weight excluding hydrogens is 254 g/mol. The van der Waals surface area contributed by atoms with Gasteiger partial charge in [-0.3, -0.25) is 4.68 Å². The van der Waals surface area contributed by atoms with Crippen molar-refractivity contribution in [3.8, 4) is 0 Å². The van der Waals surface area contributed by atoms with E-state index in [-0.39, 0.29) is 6.10 Å². The minimum absolute atomic E-state index is 0.147. The van der Waals surface area contributed by atoms with Gasteiger partial charge in [-0.15, -0.1) is 0 Å². The molecule has 0 radical (unpaired) electrons. The third-order valence-corrected chi connectivity index (χ3v) is 4.29. The van der Waals surface area contributed by atoms with E-state index >= 15 is 0 Å². The molecule has 0 aromatic carbocycles. The van der Waals surface area contributed by atoms with Gasteiger partial charge in [0.15, 0.2) is 0 Å². The van der Waals surface area contributed by atoms with Gasteiger partial charge in [0.25, 0.3) is 0 Å². The molecule has 0 unspecified atom stereocenters. The summed E-state index contributed by atoms with van der Waals surface area (Å²) >= 11 is 0. The Hall–Kier alpha value is -1.95. The Bertz CT molecular complexity index is 587. The molecule has 4 rings (SSSR count). The molecule has 0 spiro atoms. The number of hydrogen-bond acceptors (Lipinski definition) is 5. The number of anilines is 1. The summed E-state index contributed by atoms with van der Waals surface area (Å²) in [6.07, 6.45) is 6.96. The van der Waals surface area contributed by atoms with E-state index in [1.807, 2.05) is 23.1 Å². The van der Waals surface area contributed by atoms with Crippen LogP contribution >= 0.6 is 0 Å². The van der Waals surface area contributed by atoms with Crippen LogP contribution in [-0.4, -0.2) is 44.0 Å². The van der Waals surface area contributed by atoms with Gasteiger partial charge >= 0.3 is 0 Å². The van der Waals surface area contributed by atoms with Crippen molar-refractivity contribution < 1.29 is 5.11 Å². The van der Waals surface area contributed by atoms with Crippen LogP contribution in [0.15, 0.2) is 30.9 Å². The Morgan fingerprint density at radius 3 is 2.75 bits per heavy atom. The molecule has 3 heterocycles. The van der Waals surface area contributed by atoms with Gasteiger partial charge in [0.1, 0.15) is 12.1 Å². The molecule has 6 nitrogen and oxygen atoms in total. The highest BCUT2D eigenvalue weighted by Gasteiger charge is 2.32. The van der Waals surface area contributed by atoms with Gasteiger partial charge in [0.2, 0.25) is 0 Å². The predicted molar refractivity (Wildman–Crippen MR) is 73.5 cm³/mol. The third kappa shape index (κ3) is 1.96. The fourth-order valence-electron chi connectivity index (χ4n) is 2.89. The first-order valence-corrected chi connectivity index (χ1v) is 7.03. The average Bonchev–Trinajstić information content (AvgIpc) is 2.87. The van der Waals surface area contributed by atoms with E-state index < -0.39 is 0 Å². The molecule has 1 saturated heterocycles. The number of rotatable bonds is 3. The van der Waals surface area contributed by atoms with E-state index in [0.717, 1.165) is 37.4 Å². The van der Waals surface area contributed by atoms with Crippen LogP contribution in [0.3, 0.4) is 0 Å². The first kappa shape index (κ1) is 11.8. The topological polar surface area (TPSA) is 67.1 Å². The summed E-state index contributed by atoms with van der Waals surface area (Å²) in [7, 11) is 0. The standard InChI is InChI=1S/C14H17N5O/c20-12-4-10(5-12)13-6-14(16-9-15-13)18-7-11(8-18)19-3-1-2-17-19/h1-3,6,9-12,20H,4-5,7-8H2. The van der Waals surface area contributed by atoms with Gasteiger partial charge in [0.05, 0.1) is 12.1 Å². The monoisotopic (exact) mass is 271 g/mol. The van der Waals surface area contributed by atoms with Crippen molar-refractivity contribution >= 4 is 5.82 Å². The van der Waals surface area contributed by atoms with E-state index in [0.29, 0.717) is 12.0 Å². The van der Waals surface area contributed by atoms with Crippen LogP contribution in [0.5, 0.6) is 0 Å². The van der Waals surface area contributed by atoms with Gasteiger partial charge in [-0.25, -0.2) is 9.97 Å². The third-order valence-electron chi connectivity index (χ3n) is 4.29. The van der Waals surface area contributed by atoms with Crippen LogP contribution in [0, 0.1) is 0 Å². The summed E-state index contributed by atoms with van der Waals surface area (Å²) in [5.41, 5.74) is 1.06. The molecule has 1 saturated carbocycles. The molecule has 1 aliphatic carbocycles. The number of aliphatic hydroxyl groups is 1. The molecule has 1 aliphatic heterocycles. The molecule has 6 heteroatoms. The minimum Gasteiger partial charge on any atom is -0.393 e. The highest BCUT2D eigenvalue weighted by molar-refractivity contribution is 5.43. The van der Waals surface area contributed by atoms with Crippen molar-refractivity contribution in [3.05, 3.63) is 36.5 Å². The summed E-state index contributed by atoms with van der Waals surface area (Å²) in [6, 6.07) is 4.46. The zero-order valence-corrected chi connectivity index (χ0v) is 11.1. The molecule has 1 N–H and O–H groups in total. The second-order valence-corrected chi connectivity index (χ2v) is 5.67. The van der Waals surface area contributed by atoms with Gasteiger partial charge in [-0.05, 0) is 18.9 Å². The predicted octanol–water partition coefficient (Wildman–Crippen LogP) is 0.973. The van der Waals surface area contributed by atoms with Crippen LogP contribution in [0.1, 0.15) is 30.5 Å². The van der Waals surface area contributed by atoms with E-state index in [1.54, 1.807) is 6.33 Å². The van der Waals surface area contributed by atoms with Crippen molar-refractivity contribution in [1.82, 2.24) is 19.7 Å². The number of nitrogens with zero attached hydrogens (tertiary/aromatic N) is 5. The normalized spacial score (nSPS) is 26.1. The second-order valence-electron chi connectivity index (χ2n) is 5.67. The van der Waals surface area contributed by atoms with Gasteiger partial charge in [0, 0.05) is 43.2 Å². The van der Waals surface area contributed by atoms with Crippen molar-refractivity contribution in [2.45, 2.75) is 30.9 Å². The van der Waals surface area contributed by atoms with Gasteiger partial charge < -0.3 is 10.0 Å².